The monoisotopic (exact) mass is 273 g/mol. The molecule has 2 N–H and O–H groups in total. The number of pyridine rings is 1. The molecule has 0 saturated heterocycles. The van der Waals surface area contributed by atoms with Gasteiger partial charge in [-0.2, -0.15) is 0 Å². The predicted octanol–water partition coefficient (Wildman–Crippen LogP) is 3.02. The Morgan fingerprint density at radius 2 is 1.74 bits per heavy atom. The standard InChI is InChI=1S/C13H21F2N3O/c1-3-6-16-12-10(14)9-11(15)13(18-12)17-7-5-8-19-4-2/h9H,3-8H2,1-2H3,(H2,16,17,18). The van der Waals surface area contributed by atoms with Crippen LogP contribution in [0.3, 0.4) is 0 Å². The predicted molar refractivity (Wildman–Crippen MR) is 72.5 cm³/mol. The zero-order valence-electron chi connectivity index (χ0n) is 11.4. The fraction of sp³-hybridized carbons (Fsp3) is 0.615. The van der Waals surface area contributed by atoms with Crippen molar-refractivity contribution in [1.29, 1.82) is 0 Å². The minimum atomic E-state index is -0.684. The molecule has 0 radical (unpaired) electrons. The Balaban J connectivity index is 2.56. The van der Waals surface area contributed by atoms with Gasteiger partial charge >= 0.3 is 0 Å². The lowest BCUT2D eigenvalue weighted by molar-refractivity contribution is 0.147. The topological polar surface area (TPSA) is 46.2 Å². The van der Waals surface area contributed by atoms with Gasteiger partial charge in [-0.25, -0.2) is 13.8 Å². The third kappa shape index (κ3) is 5.38. The van der Waals surface area contributed by atoms with Gasteiger partial charge in [-0.15, -0.1) is 0 Å². The second kappa shape index (κ2) is 8.63. The molecule has 0 aliphatic carbocycles. The van der Waals surface area contributed by atoms with Crippen LogP contribution in [0.2, 0.25) is 0 Å². The van der Waals surface area contributed by atoms with Gasteiger partial charge in [0.2, 0.25) is 0 Å². The highest BCUT2D eigenvalue weighted by Gasteiger charge is 2.10. The van der Waals surface area contributed by atoms with Crippen LogP contribution in [-0.2, 0) is 4.74 Å². The average molecular weight is 273 g/mol. The number of nitrogens with one attached hydrogen (secondary N) is 2. The Morgan fingerprint density at radius 1 is 1.11 bits per heavy atom. The molecule has 0 aliphatic heterocycles. The van der Waals surface area contributed by atoms with Crippen LogP contribution in [0.25, 0.3) is 0 Å². The first kappa shape index (κ1) is 15.6. The van der Waals surface area contributed by atoms with E-state index in [0.29, 0.717) is 26.3 Å². The third-order valence-electron chi connectivity index (χ3n) is 2.43. The van der Waals surface area contributed by atoms with E-state index in [1.165, 1.54) is 0 Å². The molecule has 0 aliphatic rings. The summed E-state index contributed by atoms with van der Waals surface area (Å²) in [5, 5.41) is 5.67. The summed E-state index contributed by atoms with van der Waals surface area (Å²) >= 11 is 0. The Bertz CT molecular complexity index is 388. The van der Waals surface area contributed by atoms with E-state index in [0.717, 1.165) is 18.9 Å². The van der Waals surface area contributed by atoms with Crippen LogP contribution in [-0.4, -0.2) is 31.3 Å². The van der Waals surface area contributed by atoms with E-state index in [1.807, 2.05) is 13.8 Å². The molecule has 0 bridgehead atoms. The lowest BCUT2D eigenvalue weighted by Gasteiger charge is -2.10. The Morgan fingerprint density at radius 3 is 2.32 bits per heavy atom. The van der Waals surface area contributed by atoms with Crippen LogP contribution in [0.5, 0.6) is 0 Å². The molecule has 108 valence electrons. The molecule has 4 nitrogen and oxygen atoms in total. The molecule has 1 aromatic rings. The highest BCUT2D eigenvalue weighted by molar-refractivity contribution is 5.47. The number of aromatic nitrogens is 1. The van der Waals surface area contributed by atoms with Gasteiger partial charge in [0.05, 0.1) is 0 Å². The molecule has 0 saturated carbocycles. The van der Waals surface area contributed by atoms with Crippen molar-refractivity contribution < 1.29 is 13.5 Å². The molecule has 0 unspecified atom stereocenters. The van der Waals surface area contributed by atoms with Gasteiger partial charge in [0, 0.05) is 32.4 Å². The molecule has 19 heavy (non-hydrogen) atoms. The zero-order chi connectivity index (χ0) is 14.1. The van der Waals surface area contributed by atoms with Crippen molar-refractivity contribution in [3.63, 3.8) is 0 Å². The maximum absolute atomic E-state index is 13.5. The normalized spacial score (nSPS) is 10.5. The van der Waals surface area contributed by atoms with Gasteiger partial charge in [-0.3, -0.25) is 0 Å². The van der Waals surface area contributed by atoms with E-state index in [-0.39, 0.29) is 11.6 Å². The fourth-order valence-corrected chi connectivity index (χ4v) is 1.48. The number of halogens is 2. The first-order valence-electron chi connectivity index (χ1n) is 6.60. The zero-order valence-corrected chi connectivity index (χ0v) is 11.4. The highest BCUT2D eigenvalue weighted by Crippen LogP contribution is 2.18. The minimum Gasteiger partial charge on any atom is -0.382 e. The summed E-state index contributed by atoms with van der Waals surface area (Å²) in [5.41, 5.74) is 0. The van der Waals surface area contributed by atoms with E-state index in [2.05, 4.69) is 15.6 Å². The molecule has 0 spiro atoms. The Kier molecular flexibility index (Phi) is 7.10. The maximum atomic E-state index is 13.5. The van der Waals surface area contributed by atoms with Crippen molar-refractivity contribution in [1.82, 2.24) is 4.98 Å². The van der Waals surface area contributed by atoms with E-state index in [1.54, 1.807) is 0 Å². The van der Waals surface area contributed by atoms with Gasteiger partial charge in [-0.1, -0.05) is 6.92 Å². The molecule has 1 heterocycles. The fourth-order valence-electron chi connectivity index (χ4n) is 1.48. The van der Waals surface area contributed by atoms with E-state index < -0.39 is 11.6 Å². The van der Waals surface area contributed by atoms with Crippen molar-refractivity contribution >= 4 is 11.6 Å². The molecule has 0 aromatic carbocycles. The van der Waals surface area contributed by atoms with Gasteiger partial charge < -0.3 is 15.4 Å². The summed E-state index contributed by atoms with van der Waals surface area (Å²) in [6.45, 7) is 6.27. The van der Waals surface area contributed by atoms with Crippen LogP contribution >= 0.6 is 0 Å². The summed E-state index contributed by atoms with van der Waals surface area (Å²) in [6.07, 6.45) is 1.58. The SMILES string of the molecule is CCCNc1nc(NCCCOCC)c(F)cc1F. The number of rotatable bonds is 9. The summed E-state index contributed by atoms with van der Waals surface area (Å²) < 4.78 is 32.1. The summed E-state index contributed by atoms with van der Waals surface area (Å²) in [4.78, 5) is 3.91. The molecule has 1 rings (SSSR count). The molecule has 0 amide bonds. The van der Waals surface area contributed by atoms with Gasteiger partial charge in [-0.05, 0) is 19.8 Å². The number of ether oxygens (including phenoxy) is 1. The summed E-state index contributed by atoms with van der Waals surface area (Å²) in [6, 6.07) is 0.843. The van der Waals surface area contributed by atoms with Crippen molar-refractivity contribution in [3.05, 3.63) is 17.7 Å². The van der Waals surface area contributed by atoms with Crippen LogP contribution < -0.4 is 10.6 Å². The number of hydrogen-bond acceptors (Lipinski definition) is 4. The molecule has 0 fully saturated rings. The number of nitrogens with zero attached hydrogens (tertiary/aromatic N) is 1. The smallest absolute Gasteiger partial charge is 0.168 e. The van der Waals surface area contributed by atoms with Crippen LogP contribution in [0.4, 0.5) is 20.4 Å². The van der Waals surface area contributed by atoms with Gasteiger partial charge in [0.15, 0.2) is 23.3 Å². The average Bonchev–Trinajstić information content (AvgIpc) is 2.39. The first-order chi connectivity index (χ1) is 9.19. The molecular formula is C13H21F2N3O. The van der Waals surface area contributed by atoms with Crippen molar-refractivity contribution in [2.75, 3.05) is 36.9 Å². The van der Waals surface area contributed by atoms with Crippen LogP contribution in [0.15, 0.2) is 6.07 Å². The Hall–Kier alpha value is -1.43. The lowest BCUT2D eigenvalue weighted by Crippen LogP contribution is -2.11. The minimum absolute atomic E-state index is 0.0662. The van der Waals surface area contributed by atoms with Crippen molar-refractivity contribution in [3.8, 4) is 0 Å². The van der Waals surface area contributed by atoms with Crippen LogP contribution in [0.1, 0.15) is 26.7 Å². The molecule has 1 aromatic heterocycles. The summed E-state index contributed by atoms with van der Waals surface area (Å²) in [5.74, 6) is -1.21. The van der Waals surface area contributed by atoms with Crippen molar-refractivity contribution in [2.45, 2.75) is 26.7 Å². The molecule has 0 atom stereocenters. The second-order valence-corrected chi connectivity index (χ2v) is 4.05. The van der Waals surface area contributed by atoms with Crippen LogP contribution in [0, 0.1) is 11.6 Å². The van der Waals surface area contributed by atoms with Crippen molar-refractivity contribution in [2.24, 2.45) is 0 Å². The third-order valence-corrected chi connectivity index (χ3v) is 2.43. The lowest BCUT2D eigenvalue weighted by atomic mass is 10.3. The number of anilines is 2. The first-order valence-corrected chi connectivity index (χ1v) is 6.60. The largest absolute Gasteiger partial charge is 0.382 e. The quantitative estimate of drug-likeness (QED) is 0.679. The summed E-state index contributed by atoms with van der Waals surface area (Å²) in [7, 11) is 0. The van der Waals surface area contributed by atoms with E-state index in [9.17, 15) is 8.78 Å². The van der Waals surface area contributed by atoms with Gasteiger partial charge in [0.25, 0.3) is 0 Å². The van der Waals surface area contributed by atoms with E-state index >= 15 is 0 Å². The molecule has 6 heteroatoms. The maximum Gasteiger partial charge on any atom is 0.168 e. The molecular weight excluding hydrogens is 252 g/mol. The van der Waals surface area contributed by atoms with Gasteiger partial charge in [0.1, 0.15) is 0 Å². The Labute approximate surface area is 112 Å². The number of hydrogen-bond donors (Lipinski definition) is 2. The highest BCUT2D eigenvalue weighted by atomic mass is 19.1. The van der Waals surface area contributed by atoms with E-state index in [4.69, 9.17) is 4.74 Å². The second-order valence-electron chi connectivity index (χ2n) is 4.05.